The van der Waals surface area contributed by atoms with Crippen molar-refractivity contribution in [2.45, 2.75) is 316 Å². The fourth-order valence-corrected chi connectivity index (χ4v) is 8.57. The molecule has 0 fully saturated rings. The van der Waals surface area contributed by atoms with Gasteiger partial charge in [-0.15, -0.1) is 0 Å². The topological polar surface area (TPSA) is 20.3 Å². The Kier molecular flexibility index (Phi) is 49.6. The highest BCUT2D eigenvalue weighted by atomic mass is 16.2. The lowest BCUT2D eigenvalue weighted by atomic mass is 10.0. The van der Waals surface area contributed by atoms with E-state index in [9.17, 15) is 4.79 Å². The van der Waals surface area contributed by atoms with E-state index in [0.29, 0.717) is 5.91 Å². The van der Waals surface area contributed by atoms with E-state index in [1.54, 1.807) is 0 Å². The van der Waals surface area contributed by atoms with Crippen LogP contribution in [0.4, 0.5) is 0 Å². The van der Waals surface area contributed by atoms with E-state index in [1.165, 1.54) is 283 Å². The fraction of sp³-hybridized carbons (Fsp3) is 0.944. The molecule has 0 aliphatic rings. The Morgan fingerprint density at radius 2 is 0.500 bits per heavy atom. The van der Waals surface area contributed by atoms with Crippen LogP contribution in [0.15, 0.2) is 12.2 Å². The zero-order valence-corrected chi connectivity index (χ0v) is 39.5. The van der Waals surface area contributed by atoms with Crippen LogP contribution in [0.5, 0.6) is 0 Å². The summed E-state index contributed by atoms with van der Waals surface area (Å²) in [6.07, 6.45) is 67.7. The van der Waals surface area contributed by atoms with Crippen molar-refractivity contribution in [2.75, 3.05) is 13.1 Å². The Bertz CT molecular complexity index is 709. The lowest BCUT2D eigenvalue weighted by Gasteiger charge is -2.23. The van der Waals surface area contributed by atoms with E-state index in [0.717, 1.165) is 25.9 Å². The van der Waals surface area contributed by atoms with Crippen LogP contribution in [0, 0.1) is 0 Å². The summed E-state index contributed by atoms with van der Waals surface area (Å²) in [5.74, 6) is 0.449. The molecule has 0 spiro atoms. The van der Waals surface area contributed by atoms with E-state index in [1.807, 2.05) is 0 Å². The van der Waals surface area contributed by atoms with Gasteiger partial charge in [0.1, 0.15) is 0 Å². The minimum absolute atomic E-state index is 0.449. The van der Waals surface area contributed by atoms with E-state index in [4.69, 9.17) is 0 Å². The first kappa shape index (κ1) is 55.2. The summed E-state index contributed by atoms with van der Waals surface area (Å²) in [6.45, 7) is 8.91. The monoisotopic (exact) mass is 786 g/mol. The smallest absolute Gasteiger partial charge is 0.222 e. The maximum atomic E-state index is 13.4. The molecular formula is C54H107NO. The molecule has 0 radical (unpaired) electrons. The van der Waals surface area contributed by atoms with Crippen molar-refractivity contribution < 1.29 is 4.79 Å². The van der Waals surface area contributed by atoms with Gasteiger partial charge in [-0.25, -0.2) is 0 Å². The standard InChI is InChI=1S/C54H107NO/c1-4-7-10-13-16-19-22-25-28-31-34-37-40-43-46-49-52-55(53-50-47-44-41-38-35-32-29-26-23-20-17-14-11-8-5-2)54(56)51-48-45-42-39-36-33-30-27-24-21-18-15-12-9-6-3/h27,30H,4-26,28-29,31-53H2,1-3H3/b30-27+. The van der Waals surface area contributed by atoms with Gasteiger partial charge in [0.05, 0.1) is 0 Å². The van der Waals surface area contributed by atoms with Crippen LogP contribution in [-0.2, 0) is 4.79 Å². The van der Waals surface area contributed by atoms with Crippen molar-refractivity contribution in [3.63, 3.8) is 0 Å². The minimum Gasteiger partial charge on any atom is -0.343 e. The SMILES string of the molecule is CCCCCCCC/C=C/CCCCCCCC(=O)N(CCCCCCCCCCCCCCCCCC)CCCCCCCCCCCCCCCCCC. The number of unbranched alkanes of at least 4 members (excludes halogenated alkanes) is 41. The van der Waals surface area contributed by atoms with Crippen molar-refractivity contribution >= 4 is 5.91 Å². The molecule has 0 saturated heterocycles. The van der Waals surface area contributed by atoms with Crippen LogP contribution >= 0.6 is 0 Å². The van der Waals surface area contributed by atoms with Crippen LogP contribution in [-0.4, -0.2) is 23.9 Å². The van der Waals surface area contributed by atoms with Crippen LogP contribution in [0.25, 0.3) is 0 Å². The van der Waals surface area contributed by atoms with Crippen molar-refractivity contribution in [1.82, 2.24) is 4.90 Å². The molecular weight excluding hydrogens is 679 g/mol. The number of amides is 1. The molecule has 0 unspecified atom stereocenters. The third-order valence-electron chi connectivity index (χ3n) is 12.6. The first-order chi connectivity index (χ1) is 27.8. The summed E-state index contributed by atoms with van der Waals surface area (Å²) < 4.78 is 0. The lowest BCUT2D eigenvalue weighted by Crippen LogP contribution is -2.32. The molecule has 0 atom stereocenters. The summed E-state index contributed by atoms with van der Waals surface area (Å²) in [5, 5.41) is 0. The molecule has 0 heterocycles. The summed E-state index contributed by atoms with van der Waals surface area (Å²) >= 11 is 0. The maximum absolute atomic E-state index is 13.4. The molecule has 2 heteroatoms. The highest BCUT2D eigenvalue weighted by Crippen LogP contribution is 2.17. The summed E-state index contributed by atoms with van der Waals surface area (Å²) in [4.78, 5) is 15.7. The Balaban J connectivity index is 4.11. The van der Waals surface area contributed by atoms with Crippen molar-refractivity contribution in [3.05, 3.63) is 12.2 Å². The predicted octanol–water partition coefficient (Wildman–Crippen LogP) is 19.4. The predicted molar refractivity (Wildman–Crippen MR) is 255 cm³/mol. The molecule has 2 nitrogen and oxygen atoms in total. The number of nitrogens with zero attached hydrogens (tertiary/aromatic N) is 1. The van der Waals surface area contributed by atoms with Gasteiger partial charge in [0, 0.05) is 19.5 Å². The third-order valence-corrected chi connectivity index (χ3v) is 12.6. The number of hydrogen-bond acceptors (Lipinski definition) is 1. The Morgan fingerprint density at radius 3 is 0.768 bits per heavy atom. The van der Waals surface area contributed by atoms with Crippen molar-refractivity contribution in [1.29, 1.82) is 0 Å². The van der Waals surface area contributed by atoms with Crippen LogP contribution in [0.1, 0.15) is 316 Å². The number of hydrogen-bond donors (Lipinski definition) is 0. The largest absolute Gasteiger partial charge is 0.343 e. The number of carbonyl (C=O) groups excluding carboxylic acids is 1. The van der Waals surface area contributed by atoms with Crippen LogP contribution in [0.2, 0.25) is 0 Å². The van der Waals surface area contributed by atoms with Crippen molar-refractivity contribution in [3.8, 4) is 0 Å². The molecule has 0 rings (SSSR count). The van der Waals surface area contributed by atoms with Gasteiger partial charge in [-0.2, -0.15) is 0 Å². The fourth-order valence-electron chi connectivity index (χ4n) is 8.57. The average Bonchev–Trinajstić information content (AvgIpc) is 3.21. The molecule has 0 aliphatic heterocycles. The third kappa shape index (κ3) is 45.9. The molecule has 0 aromatic carbocycles. The first-order valence-electron chi connectivity index (χ1n) is 26.7. The first-order valence-corrected chi connectivity index (χ1v) is 26.7. The number of carbonyl (C=O) groups is 1. The lowest BCUT2D eigenvalue weighted by molar-refractivity contribution is -0.131. The molecule has 0 aromatic rings. The van der Waals surface area contributed by atoms with Gasteiger partial charge in [0.2, 0.25) is 5.91 Å². The molecule has 0 bridgehead atoms. The summed E-state index contributed by atoms with van der Waals surface area (Å²) in [5.41, 5.74) is 0. The molecule has 0 saturated carbocycles. The van der Waals surface area contributed by atoms with E-state index >= 15 is 0 Å². The maximum Gasteiger partial charge on any atom is 0.222 e. The molecule has 0 N–H and O–H groups in total. The molecule has 56 heavy (non-hydrogen) atoms. The second-order valence-corrected chi connectivity index (χ2v) is 18.3. The Morgan fingerprint density at radius 1 is 0.286 bits per heavy atom. The van der Waals surface area contributed by atoms with Gasteiger partial charge in [-0.1, -0.05) is 277 Å². The van der Waals surface area contributed by atoms with Gasteiger partial charge in [0.25, 0.3) is 0 Å². The average molecular weight is 786 g/mol. The molecule has 334 valence electrons. The van der Waals surface area contributed by atoms with Gasteiger partial charge in [0.15, 0.2) is 0 Å². The molecule has 0 aliphatic carbocycles. The van der Waals surface area contributed by atoms with E-state index in [-0.39, 0.29) is 0 Å². The normalized spacial score (nSPS) is 11.7. The molecule has 0 aromatic heterocycles. The van der Waals surface area contributed by atoms with Gasteiger partial charge >= 0.3 is 0 Å². The minimum atomic E-state index is 0.449. The van der Waals surface area contributed by atoms with Gasteiger partial charge in [-0.3, -0.25) is 4.79 Å². The number of rotatable bonds is 49. The number of allylic oxidation sites excluding steroid dienone is 2. The van der Waals surface area contributed by atoms with Crippen LogP contribution in [0.3, 0.4) is 0 Å². The quantitative estimate of drug-likeness (QED) is 0.0444. The summed E-state index contributed by atoms with van der Waals surface area (Å²) in [7, 11) is 0. The second kappa shape index (κ2) is 50.4. The van der Waals surface area contributed by atoms with Crippen molar-refractivity contribution in [2.24, 2.45) is 0 Å². The van der Waals surface area contributed by atoms with Gasteiger partial charge in [-0.05, 0) is 44.9 Å². The Labute approximate surface area is 355 Å². The van der Waals surface area contributed by atoms with Gasteiger partial charge < -0.3 is 4.90 Å². The zero-order chi connectivity index (χ0) is 40.5. The Hall–Kier alpha value is -0.790. The molecule has 1 amide bonds. The van der Waals surface area contributed by atoms with E-state index < -0.39 is 0 Å². The highest BCUT2D eigenvalue weighted by Gasteiger charge is 2.12. The summed E-state index contributed by atoms with van der Waals surface area (Å²) in [6, 6.07) is 0. The van der Waals surface area contributed by atoms with Crippen LogP contribution < -0.4 is 0 Å². The zero-order valence-electron chi connectivity index (χ0n) is 39.5. The van der Waals surface area contributed by atoms with E-state index in [2.05, 4.69) is 37.8 Å². The highest BCUT2D eigenvalue weighted by molar-refractivity contribution is 5.76. The second-order valence-electron chi connectivity index (χ2n) is 18.3.